The molecule has 0 aliphatic heterocycles. The fourth-order valence-electron chi connectivity index (χ4n) is 1.28. The molecule has 0 amide bonds. The number of hydrogen-bond donors (Lipinski definition) is 1. The topological polar surface area (TPSA) is 52.3 Å². The summed E-state index contributed by atoms with van der Waals surface area (Å²) in [6, 6.07) is 7.13. The van der Waals surface area contributed by atoms with E-state index < -0.39 is 6.04 Å². The molecule has 1 atom stereocenters. The average molecular weight is 323 g/mol. The standard InChI is InChI=1S/C12H16BrNO2.ClH/c1-8(2)16-12(15)11(14)7-9-3-5-10(13)6-4-9;/h3-6,8,11H,7,14H2,1-2H3;1H/t11-;/m1./s1. The molecule has 1 aromatic carbocycles. The predicted octanol–water partition coefficient (Wildman–Crippen LogP) is 2.69. The van der Waals surface area contributed by atoms with Crippen molar-refractivity contribution in [3.8, 4) is 0 Å². The van der Waals surface area contributed by atoms with Crippen molar-refractivity contribution in [2.75, 3.05) is 0 Å². The maximum Gasteiger partial charge on any atom is 0.323 e. The molecule has 0 heterocycles. The van der Waals surface area contributed by atoms with Crippen molar-refractivity contribution >= 4 is 34.3 Å². The van der Waals surface area contributed by atoms with E-state index in [1.165, 1.54) is 0 Å². The number of carbonyl (C=O) groups is 1. The third kappa shape index (κ3) is 6.05. The molecule has 5 heteroatoms. The van der Waals surface area contributed by atoms with E-state index in [4.69, 9.17) is 10.5 Å². The Morgan fingerprint density at radius 3 is 2.35 bits per heavy atom. The van der Waals surface area contributed by atoms with Crippen LogP contribution < -0.4 is 5.73 Å². The normalized spacial score (nSPS) is 11.8. The minimum atomic E-state index is -0.594. The minimum absolute atomic E-state index is 0. The number of nitrogens with two attached hydrogens (primary N) is 1. The summed E-state index contributed by atoms with van der Waals surface area (Å²) in [4.78, 5) is 11.5. The van der Waals surface area contributed by atoms with Gasteiger partial charge in [0, 0.05) is 4.47 Å². The van der Waals surface area contributed by atoms with Crippen LogP contribution in [0.1, 0.15) is 19.4 Å². The number of esters is 1. The van der Waals surface area contributed by atoms with E-state index in [0.29, 0.717) is 6.42 Å². The van der Waals surface area contributed by atoms with Crippen LogP contribution in [0.3, 0.4) is 0 Å². The summed E-state index contributed by atoms with van der Waals surface area (Å²) >= 11 is 3.35. The molecule has 17 heavy (non-hydrogen) atoms. The van der Waals surface area contributed by atoms with E-state index in [2.05, 4.69) is 15.9 Å². The Kier molecular flexibility index (Phi) is 7.43. The van der Waals surface area contributed by atoms with Gasteiger partial charge in [-0.15, -0.1) is 12.4 Å². The van der Waals surface area contributed by atoms with Crippen molar-refractivity contribution < 1.29 is 9.53 Å². The molecule has 0 saturated carbocycles. The van der Waals surface area contributed by atoms with E-state index in [0.717, 1.165) is 10.0 Å². The Bertz CT molecular complexity index is 354. The maximum atomic E-state index is 11.5. The summed E-state index contributed by atoms with van der Waals surface area (Å²) < 4.78 is 6.04. The van der Waals surface area contributed by atoms with Gasteiger partial charge in [-0.05, 0) is 38.0 Å². The lowest BCUT2D eigenvalue weighted by Crippen LogP contribution is -2.35. The van der Waals surface area contributed by atoms with E-state index in [-0.39, 0.29) is 24.5 Å². The largest absolute Gasteiger partial charge is 0.462 e. The van der Waals surface area contributed by atoms with Crippen molar-refractivity contribution in [2.24, 2.45) is 5.73 Å². The highest BCUT2D eigenvalue weighted by Crippen LogP contribution is 2.12. The lowest BCUT2D eigenvalue weighted by Gasteiger charge is -2.13. The monoisotopic (exact) mass is 321 g/mol. The fraction of sp³-hybridized carbons (Fsp3) is 0.417. The second-order valence-corrected chi connectivity index (χ2v) is 4.84. The molecule has 0 spiro atoms. The average Bonchev–Trinajstić information content (AvgIpc) is 2.20. The lowest BCUT2D eigenvalue weighted by molar-refractivity contribution is -0.148. The summed E-state index contributed by atoms with van der Waals surface area (Å²) in [5.41, 5.74) is 6.77. The molecule has 0 bridgehead atoms. The molecular formula is C12H17BrClNO2. The molecule has 0 radical (unpaired) electrons. The van der Waals surface area contributed by atoms with Gasteiger partial charge in [0.05, 0.1) is 6.10 Å². The van der Waals surface area contributed by atoms with E-state index >= 15 is 0 Å². The first-order valence-electron chi connectivity index (χ1n) is 5.19. The number of halogens is 2. The van der Waals surface area contributed by atoms with Gasteiger partial charge in [-0.1, -0.05) is 28.1 Å². The number of carbonyl (C=O) groups excluding carboxylic acids is 1. The summed E-state index contributed by atoms with van der Waals surface area (Å²) in [5, 5.41) is 0. The van der Waals surface area contributed by atoms with Crippen molar-refractivity contribution in [3.05, 3.63) is 34.3 Å². The Balaban J connectivity index is 0.00000256. The van der Waals surface area contributed by atoms with Crippen LogP contribution in [0.2, 0.25) is 0 Å². The van der Waals surface area contributed by atoms with Gasteiger partial charge in [-0.3, -0.25) is 4.79 Å². The van der Waals surface area contributed by atoms with Crippen LogP contribution in [0.15, 0.2) is 28.7 Å². The van der Waals surface area contributed by atoms with Crippen molar-refractivity contribution in [2.45, 2.75) is 32.4 Å². The van der Waals surface area contributed by atoms with Gasteiger partial charge in [0.25, 0.3) is 0 Å². The molecule has 0 fully saturated rings. The van der Waals surface area contributed by atoms with Gasteiger partial charge in [-0.2, -0.15) is 0 Å². The fourth-order valence-corrected chi connectivity index (χ4v) is 1.54. The van der Waals surface area contributed by atoms with Crippen LogP contribution in [-0.4, -0.2) is 18.1 Å². The SMILES string of the molecule is CC(C)OC(=O)[C@H](N)Cc1ccc(Br)cc1.Cl. The maximum absolute atomic E-state index is 11.5. The smallest absolute Gasteiger partial charge is 0.323 e. The molecule has 0 saturated heterocycles. The van der Waals surface area contributed by atoms with Crippen LogP contribution in [0.5, 0.6) is 0 Å². The lowest BCUT2D eigenvalue weighted by atomic mass is 10.1. The highest BCUT2D eigenvalue weighted by atomic mass is 79.9. The molecule has 3 nitrogen and oxygen atoms in total. The Hall–Kier alpha value is -0.580. The number of ether oxygens (including phenoxy) is 1. The Labute approximate surface area is 116 Å². The highest BCUT2D eigenvalue weighted by molar-refractivity contribution is 9.10. The summed E-state index contributed by atoms with van der Waals surface area (Å²) in [6.07, 6.45) is 0.377. The van der Waals surface area contributed by atoms with Gasteiger partial charge in [0.1, 0.15) is 6.04 Å². The first kappa shape index (κ1) is 16.4. The van der Waals surface area contributed by atoms with Crippen LogP contribution in [-0.2, 0) is 16.0 Å². The molecule has 0 unspecified atom stereocenters. The molecule has 0 aromatic heterocycles. The third-order valence-corrected chi connectivity index (χ3v) is 2.55. The first-order valence-corrected chi connectivity index (χ1v) is 5.99. The Morgan fingerprint density at radius 2 is 1.88 bits per heavy atom. The van der Waals surface area contributed by atoms with Gasteiger partial charge in [0.15, 0.2) is 0 Å². The molecular weight excluding hydrogens is 305 g/mol. The molecule has 1 rings (SSSR count). The van der Waals surface area contributed by atoms with Crippen molar-refractivity contribution in [1.82, 2.24) is 0 Å². The molecule has 96 valence electrons. The molecule has 0 aliphatic carbocycles. The highest BCUT2D eigenvalue weighted by Gasteiger charge is 2.16. The van der Waals surface area contributed by atoms with E-state index in [9.17, 15) is 4.79 Å². The van der Waals surface area contributed by atoms with E-state index in [1.807, 2.05) is 38.1 Å². The van der Waals surface area contributed by atoms with E-state index in [1.54, 1.807) is 0 Å². The second kappa shape index (κ2) is 7.69. The second-order valence-electron chi connectivity index (χ2n) is 3.92. The number of hydrogen-bond acceptors (Lipinski definition) is 3. The van der Waals surface area contributed by atoms with Crippen LogP contribution in [0.25, 0.3) is 0 Å². The molecule has 0 aliphatic rings. The molecule has 1 aromatic rings. The summed E-state index contributed by atoms with van der Waals surface area (Å²) in [6.45, 7) is 3.62. The molecule has 2 N–H and O–H groups in total. The number of benzene rings is 1. The van der Waals surface area contributed by atoms with Crippen LogP contribution in [0.4, 0.5) is 0 Å². The summed E-state index contributed by atoms with van der Waals surface area (Å²) in [7, 11) is 0. The summed E-state index contributed by atoms with van der Waals surface area (Å²) in [5.74, 6) is -0.349. The minimum Gasteiger partial charge on any atom is -0.462 e. The zero-order chi connectivity index (χ0) is 12.1. The van der Waals surface area contributed by atoms with Gasteiger partial charge < -0.3 is 10.5 Å². The predicted molar refractivity (Wildman–Crippen MR) is 74.3 cm³/mol. The quantitative estimate of drug-likeness (QED) is 0.867. The van der Waals surface area contributed by atoms with Gasteiger partial charge in [-0.25, -0.2) is 0 Å². The van der Waals surface area contributed by atoms with Crippen LogP contribution in [0, 0.1) is 0 Å². The Morgan fingerprint density at radius 1 is 1.35 bits per heavy atom. The van der Waals surface area contributed by atoms with Gasteiger partial charge >= 0.3 is 5.97 Å². The van der Waals surface area contributed by atoms with Gasteiger partial charge in [0.2, 0.25) is 0 Å². The number of rotatable bonds is 4. The van der Waals surface area contributed by atoms with Crippen LogP contribution >= 0.6 is 28.3 Å². The first-order chi connectivity index (χ1) is 7.49. The third-order valence-electron chi connectivity index (χ3n) is 2.02. The zero-order valence-corrected chi connectivity index (χ0v) is 12.3. The van der Waals surface area contributed by atoms with Crippen molar-refractivity contribution in [1.29, 1.82) is 0 Å². The van der Waals surface area contributed by atoms with Crippen molar-refractivity contribution in [3.63, 3.8) is 0 Å². The zero-order valence-electron chi connectivity index (χ0n) is 9.85.